The molecule has 2 rings (SSSR count). The van der Waals surface area contributed by atoms with Gasteiger partial charge in [-0.05, 0) is 50.8 Å². The molecule has 1 fully saturated rings. The molecule has 1 aromatic rings. The molecular weight excluding hydrogens is 262 g/mol. The van der Waals surface area contributed by atoms with Crippen molar-refractivity contribution in [2.24, 2.45) is 11.8 Å². The summed E-state index contributed by atoms with van der Waals surface area (Å²) < 4.78 is 0. The molecule has 1 unspecified atom stereocenters. The second-order valence-corrected chi connectivity index (χ2v) is 7.31. The molecule has 0 aliphatic heterocycles. The van der Waals surface area contributed by atoms with E-state index in [0.717, 1.165) is 11.8 Å². The summed E-state index contributed by atoms with van der Waals surface area (Å²) in [6, 6.07) is 9.53. The van der Waals surface area contributed by atoms with Gasteiger partial charge >= 0.3 is 0 Å². The molecule has 0 radical (unpaired) electrons. The van der Waals surface area contributed by atoms with Crippen molar-refractivity contribution in [1.29, 1.82) is 0 Å². The minimum absolute atomic E-state index is 0.665. The first-order valence-corrected chi connectivity index (χ1v) is 9.08. The molecule has 20 heavy (non-hydrogen) atoms. The fourth-order valence-corrected chi connectivity index (χ4v) is 4.60. The normalized spacial score (nSPS) is 24.6. The molecule has 1 aliphatic rings. The lowest BCUT2D eigenvalue weighted by Crippen LogP contribution is -2.37. The molecular formula is C18H29NS. The first kappa shape index (κ1) is 15.9. The maximum absolute atomic E-state index is 3.57. The summed E-state index contributed by atoms with van der Waals surface area (Å²) in [7, 11) is 2.13. The first-order valence-electron chi connectivity index (χ1n) is 8.09. The third kappa shape index (κ3) is 4.53. The Hall–Kier alpha value is -0.470. The highest BCUT2D eigenvalue weighted by molar-refractivity contribution is 7.99. The van der Waals surface area contributed by atoms with E-state index in [9.17, 15) is 0 Å². The summed E-state index contributed by atoms with van der Waals surface area (Å²) in [6.45, 7) is 4.51. The Morgan fingerprint density at radius 1 is 1.25 bits per heavy atom. The molecule has 0 aromatic heterocycles. The highest BCUT2D eigenvalue weighted by atomic mass is 32.2. The van der Waals surface area contributed by atoms with E-state index >= 15 is 0 Å². The molecule has 1 aromatic carbocycles. The Morgan fingerprint density at radius 2 is 2.00 bits per heavy atom. The minimum Gasteiger partial charge on any atom is -0.316 e. The van der Waals surface area contributed by atoms with Crippen LogP contribution in [-0.4, -0.2) is 18.8 Å². The van der Waals surface area contributed by atoms with Crippen molar-refractivity contribution in [1.82, 2.24) is 5.32 Å². The number of hydrogen-bond acceptors (Lipinski definition) is 2. The average Bonchev–Trinajstić information content (AvgIpc) is 2.48. The van der Waals surface area contributed by atoms with Gasteiger partial charge in [-0.25, -0.2) is 0 Å². The van der Waals surface area contributed by atoms with Crippen molar-refractivity contribution in [3.8, 4) is 0 Å². The fraction of sp³-hybridized carbons (Fsp3) is 0.667. The molecule has 0 heterocycles. The van der Waals surface area contributed by atoms with Gasteiger partial charge < -0.3 is 5.32 Å². The first-order chi connectivity index (χ1) is 9.72. The van der Waals surface area contributed by atoms with E-state index in [0.29, 0.717) is 6.04 Å². The molecule has 1 aliphatic carbocycles. The number of hydrogen-bond donors (Lipinski definition) is 1. The Balaban J connectivity index is 1.83. The Morgan fingerprint density at radius 3 is 2.60 bits per heavy atom. The lowest BCUT2D eigenvalue weighted by molar-refractivity contribution is 0.233. The summed E-state index contributed by atoms with van der Waals surface area (Å²) in [6.07, 6.45) is 7.08. The lowest BCUT2D eigenvalue weighted by Gasteiger charge is -2.33. The second kappa shape index (κ2) is 8.09. The smallest absolute Gasteiger partial charge is 0.0186 e. The summed E-state index contributed by atoms with van der Waals surface area (Å²) in [5.74, 6) is 3.06. The molecule has 1 N–H and O–H groups in total. The Bertz CT molecular complexity index is 396. The lowest BCUT2D eigenvalue weighted by atomic mass is 9.78. The standard InChI is InChI=1S/C18H29NS/c1-4-15-8-10-16(11-9-15)18(19-3)13-20-17-7-5-6-14(2)12-17/h5-7,12,15-16,18-19H,4,8-11,13H2,1-3H3. The Labute approximate surface area is 128 Å². The molecule has 0 bridgehead atoms. The summed E-state index contributed by atoms with van der Waals surface area (Å²) in [5, 5.41) is 3.57. The molecule has 0 saturated heterocycles. The zero-order chi connectivity index (χ0) is 14.4. The highest BCUT2D eigenvalue weighted by Gasteiger charge is 2.26. The van der Waals surface area contributed by atoms with Gasteiger partial charge in [-0.2, -0.15) is 0 Å². The highest BCUT2D eigenvalue weighted by Crippen LogP contribution is 2.34. The molecule has 112 valence electrons. The van der Waals surface area contributed by atoms with Crippen LogP contribution < -0.4 is 5.32 Å². The van der Waals surface area contributed by atoms with Gasteiger partial charge in [0, 0.05) is 16.7 Å². The van der Waals surface area contributed by atoms with E-state index in [-0.39, 0.29) is 0 Å². The summed E-state index contributed by atoms with van der Waals surface area (Å²) in [5.41, 5.74) is 1.36. The van der Waals surface area contributed by atoms with Crippen LogP contribution in [0.3, 0.4) is 0 Å². The second-order valence-electron chi connectivity index (χ2n) is 6.21. The van der Waals surface area contributed by atoms with E-state index in [1.807, 2.05) is 11.8 Å². The van der Waals surface area contributed by atoms with E-state index in [1.54, 1.807) is 0 Å². The van der Waals surface area contributed by atoms with Crippen LogP contribution in [0, 0.1) is 18.8 Å². The molecule has 2 heteroatoms. The van der Waals surface area contributed by atoms with Crippen molar-refractivity contribution >= 4 is 11.8 Å². The van der Waals surface area contributed by atoms with Gasteiger partial charge in [-0.15, -0.1) is 11.8 Å². The van der Waals surface area contributed by atoms with Crippen molar-refractivity contribution in [3.63, 3.8) is 0 Å². The van der Waals surface area contributed by atoms with Crippen molar-refractivity contribution in [3.05, 3.63) is 29.8 Å². The van der Waals surface area contributed by atoms with Crippen LogP contribution in [0.2, 0.25) is 0 Å². The fourth-order valence-electron chi connectivity index (χ4n) is 3.35. The SMILES string of the molecule is CCC1CCC(C(CSc2cccc(C)c2)NC)CC1. The maximum Gasteiger partial charge on any atom is 0.0186 e. The van der Waals surface area contributed by atoms with Gasteiger partial charge in [0.2, 0.25) is 0 Å². The predicted octanol–water partition coefficient (Wildman–Crippen LogP) is 4.89. The van der Waals surface area contributed by atoms with Gasteiger partial charge in [0.15, 0.2) is 0 Å². The van der Waals surface area contributed by atoms with Crippen molar-refractivity contribution < 1.29 is 0 Å². The molecule has 0 amide bonds. The van der Waals surface area contributed by atoms with Crippen molar-refractivity contribution in [2.45, 2.75) is 56.9 Å². The van der Waals surface area contributed by atoms with Crippen LogP contribution in [0.15, 0.2) is 29.2 Å². The van der Waals surface area contributed by atoms with Crippen LogP contribution in [0.5, 0.6) is 0 Å². The van der Waals surface area contributed by atoms with Crippen LogP contribution in [0.25, 0.3) is 0 Å². The maximum atomic E-state index is 3.57. The average molecular weight is 292 g/mol. The van der Waals surface area contributed by atoms with Gasteiger partial charge in [0.05, 0.1) is 0 Å². The number of rotatable bonds is 6. The topological polar surface area (TPSA) is 12.0 Å². The van der Waals surface area contributed by atoms with Gasteiger partial charge in [0.25, 0.3) is 0 Å². The van der Waals surface area contributed by atoms with Crippen LogP contribution in [-0.2, 0) is 0 Å². The zero-order valence-electron chi connectivity index (χ0n) is 13.2. The number of thioether (sulfide) groups is 1. The Kier molecular flexibility index (Phi) is 6.44. The van der Waals surface area contributed by atoms with Gasteiger partial charge in [0.1, 0.15) is 0 Å². The van der Waals surface area contributed by atoms with Crippen molar-refractivity contribution in [2.75, 3.05) is 12.8 Å². The van der Waals surface area contributed by atoms with E-state index in [4.69, 9.17) is 0 Å². The molecule has 1 saturated carbocycles. The number of aryl methyl sites for hydroxylation is 1. The molecule has 1 nitrogen and oxygen atoms in total. The van der Waals surface area contributed by atoms with E-state index in [2.05, 4.69) is 50.5 Å². The molecule has 1 atom stereocenters. The van der Waals surface area contributed by atoms with Crippen LogP contribution >= 0.6 is 11.8 Å². The number of nitrogens with one attached hydrogen (secondary N) is 1. The third-order valence-electron chi connectivity index (χ3n) is 4.83. The quantitative estimate of drug-likeness (QED) is 0.749. The largest absolute Gasteiger partial charge is 0.316 e. The van der Waals surface area contributed by atoms with Gasteiger partial charge in [-0.1, -0.05) is 43.9 Å². The van der Waals surface area contributed by atoms with Crippen LogP contribution in [0.4, 0.5) is 0 Å². The summed E-state index contributed by atoms with van der Waals surface area (Å²) >= 11 is 2.00. The third-order valence-corrected chi connectivity index (χ3v) is 5.94. The monoisotopic (exact) mass is 291 g/mol. The number of benzene rings is 1. The molecule has 0 spiro atoms. The van der Waals surface area contributed by atoms with Gasteiger partial charge in [-0.3, -0.25) is 0 Å². The van der Waals surface area contributed by atoms with E-state index in [1.165, 1.54) is 48.3 Å². The summed E-state index contributed by atoms with van der Waals surface area (Å²) in [4.78, 5) is 1.41. The predicted molar refractivity (Wildman–Crippen MR) is 90.5 cm³/mol. The van der Waals surface area contributed by atoms with Crippen LogP contribution in [0.1, 0.15) is 44.6 Å². The minimum atomic E-state index is 0.665. The van der Waals surface area contributed by atoms with E-state index < -0.39 is 0 Å². The zero-order valence-corrected chi connectivity index (χ0v) is 14.0.